The molecule has 0 heterocycles. The van der Waals surface area contributed by atoms with E-state index >= 15 is 0 Å². The number of benzene rings is 3. The first-order chi connectivity index (χ1) is 16.0. The zero-order valence-corrected chi connectivity index (χ0v) is 18.8. The van der Waals surface area contributed by atoms with Gasteiger partial charge in [-0.25, -0.2) is 9.18 Å². The highest BCUT2D eigenvalue weighted by molar-refractivity contribution is 5.91. The number of halogens is 1. The molecule has 1 saturated carbocycles. The average Bonchev–Trinajstić information content (AvgIpc) is 2.85. The third kappa shape index (κ3) is 5.68. The van der Waals surface area contributed by atoms with Crippen LogP contribution >= 0.6 is 0 Å². The van der Waals surface area contributed by atoms with Gasteiger partial charge in [0.25, 0.3) is 0 Å². The minimum Gasteiger partial charge on any atom is -0.423 e. The molecule has 0 saturated heterocycles. The molecule has 3 aromatic carbocycles. The standard InChI is InChI=1S/C29H28FNO2/c1-20(22-5-3-2-4-6-22)17-21-7-9-23(10-8-21)24-11-13-25(14-12-24)29(32)33-27-16-15-26(19-31)28(30)18-27/h2-6,11-16,18,20-21,23H,7-10,17H2,1H3/t20-,21?,23?/m1/s1. The van der Waals surface area contributed by atoms with Crippen LogP contribution in [-0.2, 0) is 0 Å². The van der Waals surface area contributed by atoms with Gasteiger partial charge in [0.2, 0.25) is 0 Å². The Morgan fingerprint density at radius 2 is 1.73 bits per heavy atom. The molecular formula is C29H28FNO2. The minimum absolute atomic E-state index is 0.0802. The van der Waals surface area contributed by atoms with Crippen LogP contribution in [0.4, 0.5) is 4.39 Å². The number of rotatable bonds is 6. The maximum atomic E-state index is 13.7. The van der Waals surface area contributed by atoms with Gasteiger partial charge in [0.15, 0.2) is 0 Å². The molecule has 0 N–H and O–H groups in total. The van der Waals surface area contributed by atoms with Crippen LogP contribution in [0.3, 0.4) is 0 Å². The predicted octanol–water partition coefficient (Wildman–Crippen LogP) is 7.38. The molecule has 0 unspecified atom stereocenters. The summed E-state index contributed by atoms with van der Waals surface area (Å²) in [5.74, 6) is 0.715. The van der Waals surface area contributed by atoms with Crippen LogP contribution in [0.15, 0.2) is 72.8 Å². The van der Waals surface area contributed by atoms with Crippen molar-refractivity contribution in [2.45, 2.75) is 50.9 Å². The van der Waals surface area contributed by atoms with Crippen LogP contribution in [0.25, 0.3) is 0 Å². The van der Waals surface area contributed by atoms with Crippen LogP contribution in [0.2, 0.25) is 0 Å². The van der Waals surface area contributed by atoms with E-state index < -0.39 is 11.8 Å². The lowest BCUT2D eigenvalue weighted by Gasteiger charge is -2.30. The molecule has 0 aromatic heterocycles. The fourth-order valence-corrected chi connectivity index (χ4v) is 4.86. The van der Waals surface area contributed by atoms with Gasteiger partial charge in [0, 0.05) is 6.07 Å². The Morgan fingerprint density at radius 3 is 2.36 bits per heavy atom. The van der Waals surface area contributed by atoms with Gasteiger partial charge in [0.05, 0.1) is 11.1 Å². The van der Waals surface area contributed by atoms with Crippen molar-refractivity contribution in [1.82, 2.24) is 0 Å². The molecular weight excluding hydrogens is 413 g/mol. The van der Waals surface area contributed by atoms with Crippen LogP contribution in [0.1, 0.15) is 77.9 Å². The highest BCUT2D eigenvalue weighted by Gasteiger charge is 2.24. The van der Waals surface area contributed by atoms with E-state index in [1.807, 2.05) is 12.1 Å². The van der Waals surface area contributed by atoms with Gasteiger partial charge in [-0.1, -0.05) is 49.4 Å². The van der Waals surface area contributed by atoms with Crippen LogP contribution in [0, 0.1) is 23.1 Å². The summed E-state index contributed by atoms with van der Waals surface area (Å²) in [6.45, 7) is 2.32. The van der Waals surface area contributed by atoms with Gasteiger partial charge in [-0.2, -0.15) is 5.26 Å². The van der Waals surface area contributed by atoms with E-state index in [4.69, 9.17) is 10.00 Å². The van der Waals surface area contributed by atoms with Crippen molar-refractivity contribution in [3.05, 3.63) is 101 Å². The zero-order chi connectivity index (χ0) is 23.2. The van der Waals surface area contributed by atoms with Gasteiger partial charge in [-0.3, -0.25) is 0 Å². The van der Waals surface area contributed by atoms with Gasteiger partial charge in [-0.05, 0) is 85.3 Å². The van der Waals surface area contributed by atoms with Crippen molar-refractivity contribution in [2.75, 3.05) is 0 Å². The quantitative estimate of drug-likeness (QED) is 0.296. The van der Waals surface area contributed by atoms with Crippen molar-refractivity contribution >= 4 is 5.97 Å². The fourth-order valence-electron chi connectivity index (χ4n) is 4.86. The molecule has 4 heteroatoms. The van der Waals surface area contributed by atoms with Crippen LogP contribution < -0.4 is 4.74 Å². The third-order valence-electron chi connectivity index (χ3n) is 6.79. The Hall–Kier alpha value is -3.45. The Kier molecular flexibility index (Phi) is 7.19. The second kappa shape index (κ2) is 10.4. The molecule has 168 valence electrons. The molecule has 1 aliphatic carbocycles. The summed E-state index contributed by atoms with van der Waals surface area (Å²) >= 11 is 0. The topological polar surface area (TPSA) is 50.1 Å². The summed E-state index contributed by atoms with van der Waals surface area (Å²) in [5, 5.41) is 8.80. The monoisotopic (exact) mass is 441 g/mol. The lowest BCUT2D eigenvalue weighted by atomic mass is 9.75. The zero-order valence-electron chi connectivity index (χ0n) is 18.8. The Balaban J connectivity index is 1.30. The van der Waals surface area contributed by atoms with E-state index in [0.29, 0.717) is 17.4 Å². The Morgan fingerprint density at radius 1 is 1.03 bits per heavy atom. The summed E-state index contributed by atoms with van der Waals surface area (Å²) < 4.78 is 19.0. The lowest BCUT2D eigenvalue weighted by molar-refractivity contribution is 0.0734. The molecule has 4 rings (SSSR count). The third-order valence-corrected chi connectivity index (χ3v) is 6.79. The predicted molar refractivity (Wildman–Crippen MR) is 127 cm³/mol. The maximum absolute atomic E-state index is 13.7. The molecule has 1 fully saturated rings. The number of esters is 1. The van der Waals surface area contributed by atoms with E-state index in [1.165, 1.54) is 55.4 Å². The fraction of sp³-hybridized carbons (Fsp3) is 0.310. The molecule has 1 atom stereocenters. The van der Waals surface area contributed by atoms with Crippen molar-refractivity contribution in [1.29, 1.82) is 5.26 Å². The Bertz CT molecular complexity index is 1130. The number of nitrogens with zero attached hydrogens (tertiary/aromatic N) is 1. The van der Waals surface area contributed by atoms with Gasteiger partial charge in [-0.15, -0.1) is 0 Å². The maximum Gasteiger partial charge on any atom is 0.343 e. The largest absolute Gasteiger partial charge is 0.423 e. The van der Waals surface area contributed by atoms with Crippen LogP contribution in [0.5, 0.6) is 5.75 Å². The number of ether oxygens (including phenoxy) is 1. The molecule has 0 amide bonds. The van der Waals surface area contributed by atoms with Crippen molar-refractivity contribution < 1.29 is 13.9 Å². The molecule has 0 aliphatic heterocycles. The highest BCUT2D eigenvalue weighted by Crippen LogP contribution is 2.39. The lowest BCUT2D eigenvalue weighted by Crippen LogP contribution is -2.15. The molecule has 0 radical (unpaired) electrons. The number of hydrogen-bond acceptors (Lipinski definition) is 3. The second-order valence-corrected chi connectivity index (χ2v) is 9.03. The molecule has 0 bridgehead atoms. The molecule has 0 spiro atoms. The SMILES string of the molecule is C[C@H](CC1CCC(c2ccc(C(=O)Oc3ccc(C#N)c(F)c3)cc2)CC1)c1ccccc1. The van der Waals surface area contributed by atoms with E-state index in [-0.39, 0.29) is 11.3 Å². The summed E-state index contributed by atoms with van der Waals surface area (Å²) in [4.78, 5) is 12.4. The number of nitriles is 1. The first-order valence-corrected chi connectivity index (χ1v) is 11.6. The van der Waals surface area contributed by atoms with E-state index in [9.17, 15) is 9.18 Å². The summed E-state index contributed by atoms with van der Waals surface area (Å²) in [6.07, 6.45) is 6.03. The van der Waals surface area contributed by atoms with E-state index in [2.05, 4.69) is 37.3 Å². The highest BCUT2D eigenvalue weighted by atomic mass is 19.1. The number of hydrogen-bond donors (Lipinski definition) is 0. The van der Waals surface area contributed by atoms with Crippen molar-refractivity contribution in [3.8, 4) is 11.8 Å². The molecule has 1 aliphatic rings. The van der Waals surface area contributed by atoms with E-state index in [1.54, 1.807) is 18.2 Å². The number of carbonyl (C=O) groups is 1. The molecule has 33 heavy (non-hydrogen) atoms. The number of carbonyl (C=O) groups excluding carboxylic acids is 1. The smallest absolute Gasteiger partial charge is 0.343 e. The van der Waals surface area contributed by atoms with Crippen molar-refractivity contribution in [2.24, 2.45) is 5.92 Å². The summed E-state index contributed by atoms with van der Waals surface area (Å²) in [7, 11) is 0. The first kappa shape index (κ1) is 22.7. The normalized spacial score (nSPS) is 18.8. The molecule has 3 aromatic rings. The molecule has 3 nitrogen and oxygen atoms in total. The summed E-state index contributed by atoms with van der Waals surface area (Å²) in [6, 6.07) is 23.9. The van der Waals surface area contributed by atoms with Crippen LogP contribution in [-0.4, -0.2) is 5.97 Å². The Labute approximate surface area is 194 Å². The summed E-state index contributed by atoms with van der Waals surface area (Å²) in [5.41, 5.74) is 3.02. The van der Waals surface area contributed by atoms with E-state index in [0.717, 1.165) is 12.0 Å². The average molecular weight is 442 g/mol. The van der Waals surface area contributed by atoms with Gasteiger partial charge < -0.3 is 4.74 Å². The second-order valence-electron chi connectivity index (χ2n) is 9.03. The minimum atomic E-state index is -0.702. The van der Waals surface area contributed by atoms with Gasteiger partial charge >= 0.3 is 5.97 Å². The van der Waals surface area contributed by atoms with Gasteiger partial charge in [0.1, 0.15) is 17.6 Å². The van der Waals surface area contributed by atoms with Crippen molar-refractivity contribution in [3.63, 3.8) is 0 Å². The first-order valence-electron chi connectivity index (χ1n) is 11.6.